The Morgan fingerprint density at radius 3 is 2.21 bits per heavy atom. The SMILES string of the molecule is Cc1ccccc1N1CCN(C(=O)c2ccccc2NC(=O)C2CC=CCC2C(=O)O)CC1. The fraction of sp³-hybridized carbons (Fsp3) is 0.346. The van der Waals surface area contributed by atoms with E-state index in [4.69, 9.17) is 0 Å². The molecule has 7 nitrogen and oxygen atoms in total. The number of aryl methyl sites for hydroxylation is 1. The van der Waals surface area contributed by atoms with E-state index in [1.54, 1.807) is 30.3 Å². The van der Waals surface area contributed by atoms with Crippen molar-refractivity contribution in [1.29, 1.82) is 0 Å². The van der Waals surface area contributed by atoms with Gasteiger partial charge in [-0.25, -0.2) is 0 Å². The van der Waals surface area contributed by atoms with E-state index in [2.05, 4.69) is 29.3 Å². The molecule has 33 heavy (non-hydrogen) atoms. The average molecular weight is 448 g/mol. The smallest absolute Gasteiger partial charge is 0.307 e. The molecular formula is C26H29N3O4. The predicted octanol–water partition coefficient (Wildman–Crippen LogP) is 3.56. The first-order chi connectivity index (χ1) is 16.0. The minimum Gasteiger partial charge on any atom is -0.481 e. The summed E-state index contributed by atoms with van der Waals surface area (Å²) < 4.78 is 0. The Kier molecular flexibility index (Phi) is 6.77. The van der Waals surface area contributed by atoms with Crippen LogP contribution < -0.4 is 10.2 Å². The van der Waals surface area contributed by atoms with Gasteiger partial charge in [-0.05, 0) is 43.5 Å². The number of carboxylic acids is 1. The molecule has 4 rings (SSSR count). The van der Waals surface area contributed by atoms with E-state index >= 15 is 0 Å². The lowest BCUT2D eigenvalue weighted by atomic mass is 9.82. The lowest BCUT2D eigenvalue weighted by Crippen LogP contribution is -2.49. The number of amides is 2. The number of carbonyl (C=O) groups excluding carboxylic acids is 2. The lowest BCUT2D eigenvalue weighted by Gasteiger charge is -2.37. The summed E-state index contributed by atoms with van der Waals surface area (Å²) in [5.74, 6) is -2.89. The van der Waals surface area contributed by atoms with Gasteiger partial charge >= 0.3 is 5.97 Å². The molecule has 7 heteroatoms. The molecule has 2 unspecified atom stereocenters. The molecule has 2 atom stereocenters. The van der Waals surface area contributed by atoms with Gasteiger partial charge in [0.2, 0.25) is 5.91 Å². The Labute approximate surface area is 193 Å². The van der Waals surface area contributed by atoms with Crippen molar-refractivity contribution in [3.8, 4) is 0 Å². The zero-order valence-electron chi connectivity index (χ0n) is 18.7. The van der Waals surface area contributed by atoms with Gasteiger partial charge in [0.15, 0.2) is 0 Å². The molecule has 0 bridgehead atoms. The van der Waals surface area contributed by atoms with E-state index in [0.29, 0.717) is 37.2 Å². The van der Waals surface area contributed by atoms with E-state index in [0.717, 1.165) is 13.1 Å². The van der Waals surface area contributed by atoms with E-state index in [1.165, 1.54) is 11.3 Å². The number of para-hydroxylation sites is 2. The third-order valence-corrected chi connectivity index (χ3v) is 6.52. The van der Waals surface area contributed by atoms with Crippen LogP contribution in [0.1, 0.15) is 28.8 Å². The van der Waals surface area contributed by atoms with Crippen molar-refractivity contribution in [2.45, 2.75) is 19.8 Å². The summed E-state index contributed by atoms with van der Waals surface area (Å²) in [6.07, 6.45) is 4.35. The molecule has 1 aliphatic heterocycles. The molecule has 2 aromatic carbocycles. The summed E-state index contributed by atoms with van der Waals surface area (Å²) in [6.45, 7) is 4.73. The summed E-state index contributed by atoms with van der Waals surface area (Å²) >= 11 is 0. The van der Waals surface area contributed by atoms with Crippen LogP contribution in [0, 0.1) is 18.8 Å². The normalized spacial score (nSPS) is 20.4. The van der Waals surface area contributed by atoms with Gasteiger partial charge in [0, 0.05) is 31.9 Å². The number of nitrogens with one attached hydrogen (secondary N) is 1. The number of hydrogen-bond acceptors (Lipinski definition) is 4. The predicted molar refractivity (Wildman–Crippen MR) is 127 cm³/mol. The molecule has 0 spiro atoms. The fourth-order valence-corrected chi connectivity index (χ4v) is 4.62. The number of allylic oxidation sites excluding steroid dienone is 2. The van der Waals surface area contributed by atoms with Crippen LogP contribution in [0.15, 0.2) is 60.7 Å². The molecule has 0 radical (unpaired) electrons. The molecule has 1 saturated heterocycles. The zero-order chi connectivity index (χ0) is 23.4. The third-order valence-electron chi connectivity index (χ3n) is 6.52. The Bertz CT molecular complexity index is 1070. The van der Waals surface area contributed by atoms with Gasteiger partial charge in [0.25, 0.3) is 5.91 Å². The van der Waals surface area contributed by atoms with Crippen LogP contribution in [-0.4, -0.2) is 54.0 Å². The monoisotopic (exact) mass is 447 g/mol. The molecule has 2 amide bonds. The molecule has 2 N–H and O–H groups in total. The second-order valence-corrected chi connectivity index (χ2v) is 8.59. The van der Waals surface area contributed by atoms with Crippen molar-refractivity contribution >= 4 is 29.2 Å². The lowest BCUT2D eigenvalue weighted by molar-refractivity contribution is -0.146. The van der Waals surface area contributed by atoms with Crippen molar-refractivity contribution in [3.63, 3.8) is 0 Å². The van der Waals surface area contributed by atoms with Crippen LogP contribution in [0.2, 0.25) is 0 Å². The number of nitrogens with zero attached hydrogens (tertiary/aromatic N) is 2. The second-order valence-electron chi connectivity index (χ2n) is 8.59. The van der Waals surface area contributed by atoms with Crippen molar-refractivity contribution in [2.24, 2.45) is 11.8 Å². The molecule has 0 saturated carbocycles. The van der Waals surface area contributed by atoms with E-state index in [9.17, 15) is 19.5 Å². The molecular weight excluding hydrogens is 418 g/mol. The van der Waals surface area contributed by atoms with Crippen molar-refractivity contribution < 1.29 is 19.5 Å². The average Bonchev–Trinajstić information content (AvgIpc) is 2.84. The van der Waals surface area contributed by atoms with Crippen LogP contribution in [-0.2, 0) is 9.59 Å². The van der Waals surface area contributed by atoms with E-state index in [1.807, 2.05) is 23.1 Å². The Balaban J connectivity index is 1.45. The highest BCUT2D eigenvalue weighted by Gasteiger charge is 2.34. The van der Waals surface area contributed by atoms with Gasteiger partial charge in [0.05, 0.1) is 23.1 Å². The molecule has 1 heterocycles. The highest BCUT2D eigenvalue weighted by molar-refractivity contribution is 6.04. The van der Waals surface area contributed by atoms with Crippen molar-refractivity contribution in [1.82, 2.24) is 4.90 Å². The number of hydrogen-bond donors (Lipinski definition) is 2. The highest BCUT2D eigenvalue weighted by atomic mass is 16.4. The van der Waals surface area contributed by atoms with Crippen LogP contribution >= 0.6 is 0 Å². The molecule has 172 valence electrons. The number of piperazine rings is 1. The molecule has 1 aliphatic carbocycles. The first-order valence-corrected chi connectivity index (χ1v) is 11.3. The minimum absolute atomic E-state index is 0.131. The molecule has 1 fully saturated rings. The number of anilines is 2. The topological polar surface area (TPSA) is 90.0 Å². The summed E-state index contributed by atoms with van der Waals surface area (Å²) in [5, 5.41) is 12.3. The maximum absolute atomic E-state index is 13.3. The largest absolute Gasteiger partial charge is 0.481 e. The Morgan fingerprint density at radius 2 is 1.52 bits per heavy atom. The molecule has 2 aliphatic rings. The number of benzene rings is 2. The summed E-state index contributed by atoms with van der Waals surface area (Å²) in [6, 6.07) is 15.2. The van der Waals surface area contributed by atoms with Gasteiger partial charge in [0.1, 0.15) is 0 Å². The van der Waals surface area contributed by atoms with Crippen LogP contribution in [0.4, 0.5) is 11.4 Å². The second kappa shape index (κ2) is 9.90. The Hall–Kier alpha value is -3.61. The van der Waals surface area contributed by atoms with Gasteiger partial charge in [-0.3, -0.25) is 14.4 Å². The number of carboxylic acid groups (broad SMARTS) is 1. The van der Waals surface area contributed by atoms with Crippen molar-refractivity contribution in [3.05, 3.63) is 71.8 Å². The number of carbonyl (C=O) groups is 3. The standard InChI is InChI=1S/C26H29N3O4/c1-18-8-2-7-13-23(18)28-14-16-29(17-15-28)25(31)21-11-5-6-12-22(21)27-24(30)19-9-3-4-10-20(19)26(32)33/h2-8,11-13,19-20H,9-10,14-17H2,1H3,(H,27,30)(H,32,33). The maximum atomic E-state index is 13.3. The van der Waals surface area contributed by atoms with Gasteiger partial charge in [-0.1, -0.05) is 42.5 Å². The minimum atomic E-state index is -0.976. The zero-order valence-corrected chi connectivity index (χ0v) is 18.7. The maximum Gasteiger partial charge on any atom is 0.307 e. The van der Waals surface area contributed by atoms with E-state index in [-0.39, 0.29) is 11.8 Å². The molecule has 2 aromatic rings. The summed E-state index contributed by atoms with van der Waals surface area (Å²) in [7, 11) is 0. The quantitative estimate of drug-likeness (QED) is 0.684. The van der Waals surface area contributed by atoms with Crippen LogP contribution in [0.5, 0.6) is 0 Å². The summed E-state index contributed by atoms with van der Waals surface area (Å²) in [4.78, 5) is 41.9. The van der Waals surface area contributed by atoms with Crippen molar-refractivity contribution in [2.75, 3.05) is 36.4 Å². The van der Waals surface area contributed by atoms with E-state index < -0.39 is 17.8 Å². The first kappa shape index (κ1) is 22.6. The number of rotatable bonds is 5. The van der Waals surface area contributed by atoms with Gasteiger partial charge in [-0.15, -0.1) is 0 Å². The third kappa shape index (κ3) is 4.92. The number of aliphatic carboxylic acids is 1. The fourth-order valence-electron chi connectivity index (χ4n) is 4.62. The summed E-state index contributed by atoms with van der Waals surface area (Å²) in [5.41, 5.74) is 3.25. The van der Waals surface area contributed by atoms with Gasteiger partial charge < -0.3 is 20.2 Å². The van der Waals surface area contributed by atoms with Gasteiger partial charge in [-0.2, -0.15) is 0 Å². The van der Waals surface area contributed by atoms with Crippen LogP contribution in [0.25, 0.3) is 0 Å². The molecule has 0 aromatic heterocycles. The van der Waals surface area contributed by atoms with Crippen LogP contribution in [0.3, 0.4) is 0 Å². The Morgan fingerprint density at radius 1 is 0.879 bits per heavy atom. The highest BCUT2D eigenvalue weighted by Crippen LogP contribution is 2.28. The first-order valence-electron chi connectivity index (χ1n) is 11.3.